The topological polar surface area (TPSA) is 57.5 Å². The molecule has 0 fully saturated rings. The van der Waals surface area contributed by atoms with E-state index in [2.05, 4.69) is 0 Å². The first-order chi connectivity index (χ1) is 10.1. The van der Waals surface area contributed by atoms with E-state index >= 15 is 0 Å². The molecule has 1 heterocycles. The Kier molecular flexibility index (Phi) is 4.42. The van der Waals surface area contributed by atoms with E-state index < -0.39 is 0 Å². The van der Waals surface area contributed by atoms with Crippen LogP contribution in [0.3, 0.4) is 0 Å². The molecule has 2 aromatic rings. The van der Waals surface area contributed by atoms with Gasteiger partial charge in [-0.05, 0) is 18.2 Å². The number of ketones is 1. The number of Topliss-reactive ketones (excluding diaryl/α,β-unsaturated/α-hetero) is 1. The van der Waals surface area contributed by atoms with Crippen molar-refractivity contribution in [3.05, 3.63) is 52.4 Å². The zero-order valence-electron chi connectivity index (χ0n) is 12.3. The number of hydrogen-bond acceptors (Lipinski definition) is 4. The number of methoxy groups -OCH3 is 2. The van der Waals surface area contributed by atoms with Crippen molar-refractivity contribution in [3.63, 3.8) is 0 Å². The third-order valence-electron chi connectivity index (χ3n) is 3.21. The summed E-state index contributed by atoms with van der Waals surface area (Å²) in [6, 6.07) is 8.71. The molecule has 0 saturated carbocycles. The molecule has 0 N–H and O–H groups in total. The minimum Gasteiger partial charge on any atom is -0.497 e. The Bertz CT molecular complexity index is 718. The molecule has 1 aromatic carbocycles. The molecule has 110 valence electrons. The van der Waals surface area contributed by atoms with Crippen LogP contribution >= 0.6 is 0 Å². The first-order valence-corrected chi connectivity index (χ1v) is 6.59. The van der Waals surface area contributed by atoms with Crippen molar-refractivity contribution in [2.24, 2.45) is 0 Å². The molecule has 0 atom stereocenters. The minimum atomic E-state index is -0.370. The van der Waals surface area contributed by atoms with E-state index in [0.29, 0.717) is 23.4 Å². The van der Waals surface area contributed by atoms with E-state index in [0.717, 1.165) is 0 Å². The Morgan fingerprint density at radius 1 is 1.19 bits per heavy atom. The highest BCUT2D eigenvalue weighted by molar-refractivity contribution is 5.98. The van der Waals surface area contributed by atoms with Gasteiger partial charge in [-0.1, -0.05) is 13.0 Å². The van der Waals surface area contributed by atoms with Crippen LogP contribution in [0.4, 0.5) is 0 Å². The largest absolute Gasteiger partial charge is 0.497 e. The fourth-order valence-electron chi connectivity index (χ4n) is 2.09. The number of carbonyl (C=O) groups is 1. The molecule has 0 aliphatic carbocycles. The predicted molar refractivity (Wildman–Crippen MR) is 79.8 cm³/mol. The molecule has 0 aliphatic heterocycles. The smallest absolute Gasteiger partial charge is 0.298 e. The standard InChI is InChI=1S/C16H17NO4/c1-4-14(18)13-8-9-17(16(19)15(13)21-3)11-6-5-7-12(10-11)20-2/h5-10H,4H2,1-3H3. The summed E-state index contributed by atoms with van der Waals surface area (Å²) in [5.74, 6) is 0.584. The summed E-state index contributed by atoms with van der Waals surface area (Å²) in [7, 11) is 2.95. The lowest BCUT2D eigenvalue weighted by Gasteiger charge is -2.11. The highest BCUT2D eigenvalue weighted by atomic mass is 16.5. The average Bonchev–Trinajstić information content (AvgIpc) is 2.53. The fourth-order valence-corrected chi connectivity index (χ4v) is 2.09. The Balaban J connectivity index is 2.61. The molecule has 2 rings (SSSR count). The highest BCUT2D eigenvalue weighted by Gasteiger charge is 2.16. The van der Waals surface area contributed by atoms with Crippen molar-refractivity contribution in [1.29, 1.82) is 0 Å². The quantitative estimate of drug-likeness (QED) is 0.793. The van der Waals surface area contributed by atoms with Crippen LogP contribution in [0.15, 0.2) is 41.3 Å². The zero-order valence-corrected chi connectivity index (χ0v) is 12.3. The number of pyridine rings is 1. The summed E-state index contributed by atoms with van der Waals surface area (Å²) >= 11 is 0. The first kappa shape index (κ1) is 14.8. The lowest BCUT2D eigenvalue weighted by Crippen LogP contribution is -2.22. The molecule has 0 aliphatic rings. The average molecular weight is 287 g/mol. The summed E-state index contributed by atoms with van der Waals surface area (Å²) in [4.78, 5) is 24.3. The number of benzene rings is 1. The van der Waals surface area contributed by atoms with E-state index in [1.54, 1.807) is 50.6 Å². The van der Waals surface area contributed by atoms with E-state index in [1.165, 1.54) is 11.7 Å². The number of carbonyl (C=O) groups excluding carboxylic acids is 1. The van der Waals surface area contributed by atoms with Gasteiger partial charge < -0.3 is 9.47 Å². The molecular formula is C16H17NO4. The maximum atomic E-state index is 12.5. The van der Waals surface area contributed by atoms with Gasteiger partial charge >= 0.3 is 0 Å². The number of aromatic nitrogens is 1. The molecule has 0 bridgehead atoms. The molecule has 21 heavy (non-hydrogen) atoms. The summed E-state index contributed by atoms with van der Waals surface area (Å²) in [5, 5.41) is 0. The number of hydrogen-bond donors (Lipinski definition) is 0. The molecule has 0 amide bonds. The van der Waals surface area contributed by atoms with Gasteiger partial charge in [0.1, 0.15) is 5.75 Å². The summed E-state index contributed by atoms with van der Waals surface area (Å²) in [6.45, 7) is 1.75. The van der Waals surface area contributed by atoms with E-state index in [4.69, 9.17) is 9.47 Å². The van der Waals surface area contributed by atoms with Gasteiger partial charge in [-0.25, -0.2) is 0 Å². The van der Waals surface area contributed by atoms with Gasteiger partial charge in [-0.15, -0.1) is 0 Å². The summed E-state index contributed by atoms with van der Waals surface area (Å²) in [5.41, 5.74) is 0.586. The Hall–Kier alpha value is -2.56. The Labute approximate surface area is 122 Å². The summed E-state index contributed by atoms with van der Waals surface area (Å²) in [6.07, 6.45) is 1.89. The van der Waals surface area contributed by atoms with Crippen LogP contribution in [0.2, 0.25) is 0 Å². The number of ether oxygens (including phenoxy) is 2. The van der Waals surface area contributed by atoms with Crippen LogP contribution in [-0.4, -0.2) is 24.6 Å². The van der Waals surface area contributed by atoms with Crippen molar-refractivity contribution in [2.45, 2.75) is 13.3 Å². The SMILES string of the molecule is CCC(=O)c1ccn(-c2cccc(OC)c2)c(=O)c1OC. The molecule has 5 nitrogen and oxygen atoms in total. The molecule has 0 unspecified atom stereocenters. The Morgan fingerprint density at radius 2 is 1.95 bits per heavy atom. The molecular weight excluding hydrogens is 270 g/mol. The van der Waals surface area contributed by atoms with Gasteiger partial charge in [-0.2, -0.15) is 0 Å². The van der Waals surface area contributed by atoms with E-state index in [1.807, 2.05) is 0 Å². The zero-order chi connectivity index (χ0) is 15.4. The van der Waals surface area contributed by atoms with E-state index in [-0.39, 0.29) is 17.1 Å². The van der Waals surface area contributed by atoms with Crippen molar-refractivity contribution in [1.82, 2.24) is 4.57 Å². The van der Waals surface area contributed by atoms with Crippen LogP contribution in [0.5, 0.6) is 11.5 Å². The lowest BCUT2D eigenvalue weighted by molar-refractivity contribution is 0.0984. The maximum Gasteiger partial charge on any atom is 0.298 e. The maximum absolute atomic E-state index is 12.5. The number of nitrogens with zero attached hydrogens (tertiary/aromatic N) is 1. The van der Waals surface area contributed by atoms with Crippen molar-refractivity contribution in [3.8, 4) is 17.2 Å². The molecule has 0 spiro atoms. The fraction of sp³-hybridized carbons (Fsp3) is 0.250. The third kappa shape index (κ3) is 2.81. The van der Waals surface area contributed by atoms with Crippen LogP contribution < -0.4 is 15.0 Å². The predicted octanol–water partition coefficient (Wildman–Crippen LogP) is 2.45. The van der Waals surface area contributed by atoms with Crippen molar-refractivity contribution in [2.75, 3.05) is 14.2 Å². The molecule has 1 aromatic heterocycles. The highest BCUT2D eigenvalue weighted by Crippen LogP contribution is 2.19. The first-order valence-electron chi connectivity index (χ1n) is 6.59. The van der Waals surface area contributed by atoms with Gasteiger partial charge in [0.05, 0.1) is 25.5 Å². The molecule has 0 saturated heterocycles. The van der Waals surface area contributed by atoms with Crippen molar-refractivity contribution >= 4 is 5.78 Å². The monoisotopic (exact) mass is 287 g/mol. The van der Waals surface area contributed by atoms with Gasteiger partial charge in [0.15, 0.2) is 11.5 Å². The lowest BCUT2D eigenvalue weighted by atomic mass is 10.1. The van der Waals surface area contributed by atoms with Crippen LogP contribution in [0, 0.1) is 0 Å². The second kappa shape index (κ2) is 6.26. The van der Waals surface area contributed by atoms with Gasteiger partial charge in [0.25, 0.3) is 5.56 Å². The molecule has 0 radical (unpaired) electrons. The normalized spacial score (nSPS) is 10.2. The third-order valence-corrected chi connectivity index (χ3v) is 3.21. The van der Waals surface area contributed by atoms with E-state index in [9.17, 15) is 9.59 Å². The summed E-state index contributed by atoms with van der Waals surface area (Å²) < 4.78 is 11.7. The second-order valence-corrected chi connectivity index (χ2v) is 4.42. The second-order valence-electron chi connectivity index (χ2n) is 4.42. The Morgan fingerprint density at radius 3 is 2.57 bits per heavy atom. The van der Waals surface area contributed by atoms with Crippen LogP contribution in [0.1, 0.15) is 23.7 Å². The van der Waals surface area contributed by atoms with Crippen LogP contribution in [-0.2, 0) is 0 Å². The van der Waals surface area contributed by atoms with Gasteiger partial charge in [0, 0.05) is 18.7 Å². The van der Waals surface area contributed by atoms with Crippen LogP contribution in [0.25, 0.3) is 5.69 Å². The van der Waals surface area contributed by atoms with Gasteiger partial charge in [-0.3, -0.25) is 14.2 Å². The number of rotatable bonds is 5. The minimum absolute atomic E-state index is 0.0622. The molecule has 5 heteroatoms. The van der Waals surface area contributed by atoms with Gasteiger partial charge in [0.2, 0.25) is 0 Å². The van der Waals surface area contributed by atoms with Crippen molar-refractivity contribution < 1.29 is 14.3 Å².